The van der Waals surface area contributed by atoms with Gasteiger partial charge in [0.25, 0.3) is 5.89 Å². The van der Waals surface area contributed by atoms with Gasteiger partial charge in [-0.05, 0) is 62.8 Å². The second-order valence-corrected chi connectivity index (χ2v) is 13.5. The van der Waals surface area contributed by atoms with Crippen LogP contribution in [-0.4, -0.2) is 105 Å². The molecule has 2 saturated heterocycles. The third kappa shape index (κ3) is 9.80. The van der Waals surface area contributed by atoms with Gasteiger partial charge in [-0.1, -0.05) is 42.5 Å². The number of piperidine rings is 1. The highest BCUT2D eigenvalue weighted by Crippen LogP contribution is 2.25. The van der Waals surface area contributed by atoms with Gasteiger partial charge in [-0.25, -0.2) is 19.6 Å². The Balaban J connectivity index is 1.23. The molecule has 0 radical (unpaired) electrons. The third-order valence-electron chi connectivity index (χ3n) is 9.60. The zero-order valence-corrected chi connectivity index (χ0v) is 30.0. The van der Waals surface area contributed by atoms with Gasteiger partial charge in [-0.15, -0.1) is 0 Å². The topological polar surface area (TPSA) is 215 Å². The minimum absolute atomic E-state index is 0.000261. The predicted molar refractivity (Wildman–Crippen MR) is 195 cm³/mol. The molecule has 2 aromatic carbocycles. The van der Waals surface area contributed by atoms with Crippen LogP contribution in [0.3, 0.4) is 0 Å². The number of H-pyrrole nitrogens is 1. The molecule has 0 unspecified atom stereocenters. The van der Waals surface area contributed by atoms with Crippen molar-refractivity contribution in [1.82, 2.24) is 35.4 Å². The van der Waals surface area contributed by atoms with Gasteiger partial charge in [0, 0.05) is 37.8 Å². The first-order valence-corrected chi connectivity index (χ1v) is 18.4. The van der Waals surface area contributed by atoms with Crippen molar-refractivity contribution >= 4 is 40.9 Å². The number of carbonyl (C=O) groups is 5. The quantitative estimate of drug-likeness (QED) is 0.102. The fourth-order valence-electron chi connectivity index (χ4n) is 6.75. The molecule has 6 rings (SSSR count). The highest BCUT2D eigenvalue weighted by Gasteiger charge is 2.45. The number of para-hydroxylation sites is 2. The number of oxazole rings is 1. The number of hydrogen-bond acceptors (Lipinski definition) is 11. The number of ketones is 1. The van der Waals surface area contributed by atoms with Crippen LogP contribution in [0.5, 0.6) is 0 Å². The van der Waals surface area contributed by atoms with E-state index in [4.69, 9.17) is 19.6 Å². The van der Waals surface area contributed by atoms with Crippen LogP contribution in [0.2, 0.25) is 0 Å². The maximum Gasteiger partial charge on any atom is 0.410 e. The highest BCUT2D eigenvalue weighted by molar-refractivity contribution is 6.01. The lowest BCUT2D eigenvalue weighted by Gasteiger charge is -2.29. The van der Waals surface area contributed by atoms with Gasteiger partial charge in [0.1, 0.15) is 30.3 Å². The van der Waals surface area contributed by atoms with Gasteiger partial charge in [0.05, 0.1) is 18.9 Å². The lowest BCUT2D eigenvalue weighted by molar-refractivity contribution is -0.140. The highest BCUT2D eigenvalue weighted by atomic mass is 16.6. The summed E-state index contributed by atoms with van der Waals surface area (Å²) in [6, 6.07) is 12.6. The van der Waals surface area contributed by atoms with Crippen molar-refractivity contribution in [1.29, 1.82) is 0 Å². The van der Waals surface area contributed by atoms with Crippen molar-refractivity contribution in [3.63, 3.8) is 0 Å². The molecule has 5 N–H and O–H groups in total. The Hall–Kier alpha value is -5.77. The molecule has 16 nitrogen and oxygen atoms in total. The Morgan fingerprint density at radius 1 is 0.963 bits per heavy atom. The molecule has 4 atom stereocenters. The summed E-state index contributed by atoms with van der Waals surface area (Å²) >= 11 is 0. The number of fused-ring (bicyclic) bond motifs is 1. The van der Waals surface area contributed by atoms with Crippen LogP contribution in [0, 0.1) is 0 Å². The summed E-state index contributed by atoms with van der Waals surface area (Å²) in [7, 11) is 0. The molecule has 4 amide bonds. The standard InChI is InChI=1S/C38H46N8O8/c39-16-8-7-14-29(33(47)35-43-28-13-5-6-15-32(28)54-35)42-34(48)31-20-27(53-38(51)45-17-9-2-10-18-45)22-46(31)36(49)30(19-26-21-40-24-41-26)44-37(50)52-23-25-11-3-1-4-12-25/h1,3-6,11-13,15,21,24,27,29-31H,2,7-10,14,16-20,22-23,39H2,(H,40,41)(H,42,48)(H,44,50)/t27-,29+,30+,31+/m1/s1. The normalized spacial score (nSPS) is 18.2. The molecule has 0 aliphatic carbocycles. The Labute approximate surface area is 312 Å². The fourth-order valence-corrected chi connectivity index (χ4v) is 6.75. The van der Waals surface area contributed by atoms with Gasteiger partial charge in [-0.2, -0.15) is 0 Å². The number of nitrogens with two attached hydrogens (primary N) is 1. The number of ether oxygens (including phenoxy) is 2. The zero-order valence-electron chi connectivity index (χ0n) is 30.0. The fraction of sp³-hybridized carbons (Fsp3) is 0.447. The third-order valence-corrected chi connectivity index (χ3v) is 9.60. The summed E-state index contributed by atoms with van der Waals surface area (Å²) in [4.78, 5) is 83.0. The molecule has 4 heterocycles. The number of carbonyl (C=O) groups excluding carboxylic acids is 5. The summed E-state index contributed by atoms with van der Waals surface area (Å²) < 4.78 is 17.1. The number of nitrogens with one attached hydrogen (secondary N) is 3. The number of alkyl carbamates (subject to hydrolysis) is 1. The maximum atomic E-state index is 14.5. The van der Waals surface area contributed by atoms with E-state index in [-0.39, 0.29) is 38.3 Å². The molecular weight excluding hydrogens is 696 g/mol. The first kappa shape index (κ1) is 38.0. The Morgan fingerprint density at radius 2 is 1.74 bits per heavy atom. The van der Waals surface area contributed by atoms with Crippen LogP contribution >= 0.6 is 0 Å². The number of rotatable bonds is 15. The van der Waals surface area contributed by atoms with Gasteiger partial charge >= 0.3 is 12.2 Å². The minimum Gasteiger partial charge on any atom is -0.445 e. The van der Waals surface area contributed by atoms with E-state index in [9.17, 15) is 24.0 Å². The average molecular weight is 743 g/mol. The lowest BCUT2D eigenvalue weighted by atomic mass is 10.0. The van der Waals surface area contributed by atoms with Crippen LogP contribution in [0.25, 0.3) is 11.1 Å². The van der Waals surface area contributed by atoms with Crippen molar-refractivity contribution in [2.24, 2.45) is 5.73 Å². The van der Waals surface area contributed by atoms with Crippen LogP contribution in [0.1, 0.15) is 66.9 Å². The summed E-state index contributed by atoms with van der Waals surface area (Å²) in [5, 5.41) is 5.51. The first-order chi connectivity index (χ1) is 26.3. The van der Waals surface area contributed by atoms with Crippen molar-refractivity contribution in [2.75, 3.05) is 26.2 Å². The van der Waals surface area contributed by atoms with E-state index >= 15 is 0 Å². The van der Waals surface area contributed by atoms with E-state index in [0.29, 0.717) is 49.3 Å². The zero-order chi connectivity index (χ0) is 37.9. The largest absolute Gasteiger partial charge is 0.445 e. The van der Waals surface area contributed by atoms with E-state index in [1.807, 2.05) is 18.2 Å². The number of nitrogens with zero attached hydrogens (tertiary/aromatic N) is 4. The summed E-state index contributed by atoms with van der Waals surface area (Å²) in [5.74, 6) is -1.92. The first-order valence-electron chi connectivity index (χ1n) is 18.4. The lowest BCUT2D eigenvalue weighted by Crippen LogP contribution is -2.56. The van der Waals surface area contributed by atoms with Gasteiger partial charge < -0.3 is 45.0 Å². The van der Waals surface area contributed by atoms with Crippen molar-refractivity contribution in [3.05, 3.63) is 84.3 Å². The number of Topliss-reactive ketones (excluding diaryl/α,β-unsaturated/α-hetero) is 1. The monoisotopic (exact) mass is 742 g/mol. The van der Waals surface area contributed by atoms with Crippen LogP contribution in [0.15, 0.2) is 71.5 Å². The molecule has 2 aliphatic rings. The Kier molecular flexibility index (Phi) is 12.9. The van der Waals surface area contributed by atoms with Gasteiger partial charge in [0.2, 0.25) is 17.6 Å². The number of unbranched alkanes of at least 4 members (excludes halogenated alkanes) is 1. The predicted octanol–water partition coefficient (Wildman–Crippen LogP) is 3.48. The van der Waals surface area contributed by atoms with Crippen molar-refractivity contribution < 1.29 is 37.9 Å². The Bertz CT molecular complexity index is 1840. The molecule has 2 aliphatic heterocycles. The molecule has 2 aromatic heterocycles. The number of hydrogen-bond donors (Lipinski definition) is 4. The molecular formula is C38H46N8O8. The van der Waals surface area contributed by atoms with Crippen molar-refractivity contribution in [2.45, 2.75) is 82.2 Å². The number of aromatic amines is 1. The van der Waals surface area contributed by atoms with E-state index in [2.05, 4.69) is 25.6 Å². The summed E-state index contributed by atoms with van der Waals surface area (Å²) in [6.07, 6.45) is 4.87. The molecule has 0 saturated carbocycles. The van der Waals surface area contributed by atoms with E-state index in [1.165, 1.54) is 17.4 Å². The average Bonchev–Trinajstić information content (AvgIpc) is 3.97. The molecule has 0 spiro atoms. The number of likely N-dealkylation sites (tertiary alicyclic amines) is 2. The van der Waals surface area contributed by atoms with E-state index in [0.717, 1.165) is 24.8 Å². The SMILES string of the molecule is NCCCC[C@H](NC(=O)[C@@H]1C[C@@H](OC(=O)N2CCCCC2)CN1C(=O)[C@H](Cc1cnc[nH]1)NC(=O)OCc1ccccc1)C(=O)c1nc2ccccc2o1. The van der Waals surface area contributed by atoms with Crippen LogP contribution in [0.4, 0.5) is 9.59 Å². The van der Waals surface area contributed by atoms with Gasteiger partial charge in [-0.3, -0.25) is 14.4 Å². The molecule has 286 valence electrons. The van der Waals surface area contributed by atoms with E-state index in [1.54, 1.807) is 41.3 Å². The molecule has 4 aromatic rings. The molecule has 2 fully saturated rings. The molecule has 54 heavy (non-hydrogen) atoms. The summed E-state index contributed by atoms with van der Waals surface area (Å²) in [6.45, 7) is 1.36. The number of benzene rings is 2. The van der Waals surface area contributed by atoms with Crippen molar-refractivity contribution in [3.8, 4) is 0 Å². The second kappa shape index (κ2) is 18.3. The number of aromatic nitrogens is 3. The Morgan fingerprint density at radius 3 is 2.48 bits per heavy atom. The molecule has 0 bridgehead atoms. The van der Waals surface area contributed by atoms with Crippen LogP contribution < -0.4 is 16.4 Å². The maximum absolute atomic E-state index is 14.5. The van der Waals surface area contributed by atoms with E-state index < -0.39 is 54.0 Å². The smallest absolute Gasteiger partial charge is 0.410 e. The minimum atomic E-state index is -1.19. The van der Waals surface area contributed by atoms with Crippen LogP contribution in [-0.2, 0) is 32.1 Å². The number of amides is 4. The summed E-state index contributed by atoms with van der Waals surface area (Å²) in [5.41, 5.74) is 7.97. The number of imidazole rings is 1. The molecule has 16 heteroatoms. The van der Waals surface area contributed by atoms with Gasteiger partial charge in [0.15, 0.2) is 5.58 Å². The second-order valence-electron chi connectivity index (χ2n) is 13.5.